The SMILES string of the molecule is CCc1nc(C)oc1C(=O)Nc1nc2cc(C(N)=O)cc(OC)c2n1C/C=C/Cn1c(NC(=O)c2oc(C)nc2CC)nc2cc(C(N)=O)cc(OCCCOC(=O)[C@@H](C)CC(=O)CN)c21. The maximum absolute atomic E-state index is 13.7. The molecule has 0 bridgehead atoms. The van der Waals surface area contributed by atoms with Gasteiger partial charge in [-0.2, -0.15) is 0 Å². The fourth-order valence-electron chi connectivity index (χ4n) is 7.07. The van der Waals surface area contributed by atoms with Crippen molar-refractivity contribution in [3.05, 3.63) is 82.2 Å². The van der Waals surface area contributed by atoms with Crippen molar-refractivity contribution in [3.8, 4) is 11.5 Å². The van der Waals surface area contributed by atoms with E-state index in [1.165, 1.54) is 31.4 Å². The topological polar surface area (TPSA) is 320 Å². The highest BCUT2D eigenvalue weighted by molar-refractivity contribution is 6.05. The lowest BCUT2D eigenvalue weighted by Crippen LogP contribution is -2.23. The van der Waals surface area contributed by atoms with Crippen molar-refractivity contribution < 1.29 is 51.8 Å². The third-order valence-electron chi connectivity index (χ3n) is 10.2. The van der Waals surface area contributed by atoms with Gasteiger partial charge in [0.1, 0.15) is 28.3 Å². The van der Waals surface area contributed by atoms with Crippen molar-refractivity contribution in [3.63, 3.8) is 0 Å². The van der Waals surface area contributed by atoms with Crippen molar-refractivity contribution in [2.45, 2.75) is 73.4 Å². The summed E-state index contributed by atoms with van der Waals surface area (Å²) < 4.78 is 31.8. The zero-order valence-corrected chi connectivity index (χ0v) is 37.3. The smallest absolute Gasteiger partial charge is 0.309 e. The Labute approximate surface area is 377 Å². The Balaban J connectivity index is 1.36. The number of nitrogens with one attached hydrogen (secondary N) is 2. The molecule has 22 heteroatoms. The first-order valence-electron chi connectivity index (χ1n) is 21.0. The minimum absolute atomic E-state index is 0.00347. The Morgan fingerprint density at radius 1 is 0.742 bits per heavy atom. The summed E-state index contributed by atoms with van der Waals surface area (Å²) in [5.41, 5.74) is 19.2. The monoisotopic (exact) mass is 909 g/mol. The molecule has 0 aliphatic carbocycles. The Morgan fingerprint density at radius 2 is 1.23 bits per heavy atom. The van der Waals surface area contributed by atoms with Crippen molar-refractivity contribution >= 4 is 69.3 Å². The molecule has 22 nitrogen and oxygen atoms in total. The number of imidazole rings is 2. The van der Waals surface area contributed by atoms with E-state index in [-0.39, 0.29) is 103 Å². The molecule has 8 N–H and O–H groups in total. The molecule has 0 saturated carbocycles. The van der Waals surface area contributed by atoms with Gasteiger partial charge in [-0.05, 0) is 37.1 Å². The van der Waals surface area contributed by atoms with Crippen LogP contribution >= 0.6 is 0 Å². The Hall–Kier alpha value is -7.88. The number of carbonyl (C=O) groups is 6. The van der Waals surface area contributed by atoms with Crippen LogP contribution in [0.2, 0.25) is 0 Å². The molecule has 0 aliphatic rings. The average Bonchev–Trinajstić information content (AvgIpc) is 4.06. The molecule has 6 aromatic rings. The highest BCUT2D eigenvalue weighted by Crippen LogP contribution is 2.33. The summed E-state index contributed by atoms with van der Waals surface area (Å²) in [7, 11) is 1.42. The molecule has 0 aliphatic heterocycles. The van der Waals surface area contributed by atoms with Gasteiger partial charge in [0.05, 0.1) is 55.2 Å². The van der Waals surface area contributed by atoms with Crippen LogP contribution in [0.15, 0.2) is 45.3 Å². The summed E-state index contributed by atoms with van der Waals surface area (Å²) in [5, 5.41) is 5.62. The molecule has 6 rings (SSSR count). The number of carbonyl (C=O) groups excluding carboxylic acids is 6. The molecule has 0 radical (unpaired) electrons. The predicted molar refractivity (Wildman–Crippen MR) is 238 cm³/mol. The summed E-state index contributed by atoms with van der Waals surface area (Å²) in [5.74, 6) is -3.01. The number of primary amides is 2. The van der Waals surface area contributed by atoms with Crippen molar-refractivity contribution in [1.82, 2.24) is 29.1 Å². The normalized spacial score (nSPS) is 11.9. The molecule has 4 aromatic heterocycles. The molecule has 4 amide bonds. The first-order chi connectivity index (χ1) is 31.6. The molecule has 0 fully saturated rings. The zero-order chi connectivity index (χ0) is 47.8. The Morgan fingerprint density at radius 3 is 1.68 bits per heavy atom. The largest absolute Gasteiger partial charge is 0.494 e. The van der Waals surface area contributed by atoms with E-state index in [9.17, 15) is 28.8 Å². The molecule has 1 atom stereocenters. The molecule has 0 saturated heterocycles. The predicted octanol–water partition coefficient (Wildman–Crippen LogP) is 3.94. The number of nitrogens with zero attached hydrogens (tertiary/aromatic N) is 6. The minimum atomic E-state index is -0.764. The van der Waals surface area contributed by atoms with Crippen LogP contribution < -0.4 is 37.3 Å². The Kier molecular flexibility index (Phi) is 15.0. The van der Waals surface area contributed by atoms with Gasteiger partial charge in [0, 0.05) is 50.9 Å². The average molecular weight is 910 g/mol. The number of aromatic nitrogens is 6. The fourth-order valence-corrected chi connectivity index (χ4v) is 7.07. The number of ketones is 1. The Bertz CT molecular complexity index is 2870. The van der Waals surface area contributed by atoms with Crippen LogP contribution in [0.1, 0.15) is 98.6 Å². The van der Waals surface area contributed by atoms with Gasteiger partial charge in [0.25, 0.3) is 11.8 Å². The standard InChI is InChI=1S/C44H51N11O11/c1-7-28-36(65-23(4)48-28)40(59)52-43-50-30-17-25(38(46)57)19-32(62-6)34(30)54(43)12-9-10-13-55-35-31(51-44(55)53-41(60)37-29(8-2)49-24(5)66-37)18-26(39(47)58)20-33(35)63-14-11-15-64-42(61)22(3)16-27(56)21-45/h9-10,17-20,22H,7-8,11-16,21,45H2,1-6H3,(H2,46,57)(H2,47,58)(H,50,52,59)(H,51,53,60)/b10-9+/t22-/m0/s1. The van der Waals surface area contributed by atoms with Gasteiger partial charge in [-0.25, -0.2) is 19.9 Å². The number of methoxy groups -OCH3 is 1. The zero-order valence-electron chi connectivity index (χ0n) is 37.3. The summed E-state index contributed by atoms with van der Waals surface area (Å²) in [4.78, 5) is 94.2. The number of fused-ring (bicyclic) bond motifs is 2. The van der Waals surface area contributed by atoms with Crippen LogP contribution in [-0.2, 0) is 40.3 Å². The van der Waals surface area contributed by atoms with Crippen LogP contribution in [0.5, 0.6) is 11.5 Å². The number of allylic oxidation sites excluding steroid dienone is 2. The second-order valence-corrected chi connectivity index (χ2v) is 15.0. The lowest BCUT2D eigenvalue weighted by molar-refractivity contribution is -0.149. The number of anilines is 2. The molecule has 0 spiro atoms. The number of benzene rings is 2. The summed E-state index contributed by atoms with van der Waals surface area (Å²) in [6.45, 7) is 8.42. The van der Waals surface area contributed by atoms with Crippen LogP contribution in [0.3, 0.4) is 0 Å². The number of oxazole rings is 2. The second-order valence-electron chi connectivity index (χ2n) is 15.0. The maximum atomic E-state index is 13.7. The fraction of sp³-hybridized carbons (Fsp3) is 0.364. The molecule has 4 heterocycles. The van der Waals surface area contributed by atoms with E-state index >= 15 is 0 Å². The summed E-state index contributed by atoms with van der Waals surface area (Å²) in [6, 6.07) is 5.86. The maximum Gasteiger partial charge on any atom is 0.309 e. The molecule has 66 heavy (non-hydrogen) atoms. The van der Waals surface area contributed by atoms with Crippen molar-refractivity contribution in [2.24, 2.45) is 23.1 Å². The van der Waals surface area contributed by atoms with Gasteiger partial charge in [-0.15, -0.1) is 0 Å². The van der Waals surface area contributed by atoms with Crippen molar-refractivity contribution in [2.75, 3.05) is 37.5 Å². The van der Waals surface area contributed by atoms with Crippen LogP contribution in [0.25, 0.3) is 22.1 Å². The van der Waals surface area contributed by atoms with Gasteiger partial charge < -0.3 is 49.4 Å². The van der Waals surface area contributed by atoms with Gasteiger partial charge in [0.15, 0.2) is 11.8 Å². The number of rotatable bonds is 22. The number of hydrogen-bond donors (Lipinski definition) is 5. The van der Waals surface area contributed by atoms with Crippen LogP contribution in [-0.4, -0.2) is 91.3 Å². The number of amides is 4. The van der Waals surface area contributed by atoms with E-state index < -0.39 is 35.5 Å². The summed E-state index contributed by atoms with van der Waals surface area (Å²) in [6.07, 6.45) is 4.55. The van der Waals surface area contributed by atoms with E-state index in [0.717, 1.165) is 0 Å². The molecular formula is C44H51N11O11. The number of nitrogens with two attached hydrogens (primary N) is 3. The molecule has 348 valence electrons. The molecule has 2 aromatic carbocycles. The molecule has 0 unspecified atom stereocenters. The van der Waals surface area contributed by atoms with Gasteiger partial charge in [-0.1, -0.05) is 32.9 Å². The van der Waals surface area contributed by atoms with E-state index in [1.807, 2.05) is 13.8 Å². The lowest BCUT2D eigenvalue weighted by atomic mass is 10.1. The first kappa shape index (κ1) is 47.6. The number of ether oxygens (including phenoxy) is 3. The lowest BCUT2D eigenvalue weighted by Gasteiger charge is -2.14. The molecular weight excluding hydrogens is 859 g/mol. The highest BCUT2D eigenvalue weighted by atomic mass is 16.5. The third-order valence-corrected chi connectivity index (χ3v) is 10.2. The quantitative estimate of drug-likeness (QED) is 0.0366. The number of Topliss-reactive ketones (excluding diaryl/α,β-unsaturated/α-hetero) is 1. The number of aryl methyl sites for hydroxylation is 4. The number of hydrogen-bond acceptors (Lipinski definition) is 16. The van der Waals surface area contributed by atoms with Gasteiger partial charge >= 0.3 is 5.97 Å². The van der Waals surface area contributed by atoms with Gasteiger partial charge in [-0.3, -0.25) is 39.4 Å². The van der Waals surface area contributed by atoms with Crippen LogP contribution in [0, 0.1) is 19.8 Å². The van der Waals surface area contributed by atoms with E-state index in [2.05, 4.69) is 30.6 Å². The third kappa shape index (κ3) is 10.6. The van der Waals surface area contributed by atoms with E-state index in [4.69, 9.17) is 40.2 Å². The number of esters is 1. The second kappa shape index (κ2) is 20.7. The first-order valence-corrected chi connectivity index (χ1v) is 21.0. The highest BCUT2D eigenvalue weighted by Gasteiger charge is 2.26. The van der Waals surface area contributed by atoms with Crippen LogP contribution in [0.4, 0.5) is 11.9 Å². The van der Waals surface area contributed by atoms with E-state index in [1.54, 1.807) is 42.1 Å². The van der Waals surface area contributed by atoms with Gasteiger partial charge in [0.2, 0.25) is 35.2 Å². The van der Waals surface area contributed by atoms with E-state index in [0.29, 0.717) is 52.6 Å². The van der Waals surface area contributed by atoms with Crippen molar-refractivity contribution in [1.29, 1.82) is 0 Å². The summed E-state index contributed by atoms with van der Waals surface area (Å²) >= 11 is 0. The minimum Gasteiger partial charge on any atom is -0.494 e.